The molecule has 2 saturated carbocycles. The lowest BCUT2D eigenvalue weighted by Crippen LogP contribution is -2.42. The zero-order valence-corrected chi connectivity index (χ0v) is 28.2. The predicted molar refractivity (Wildman–Crippen MR) is 198 cm³/mol. The van der Waals surface area contributed by atoms with Crippen molar-refractivity contribution in [2.75, 3.05) is 0 Å². The van der Waals surface area contributed by atoms with Crippen LogP contribution in [0.5, 0.6) is 0 Å². The maximum Gasteiger partial charge on any atom is 0.164 e. The molecule has 4 heteroatoms. The van der Waals surface area contributed by atoms with Gasteiger partial charge < -0.3 is 0 Å². The summed E-state index contributed by atoms with van der Waals surface area (Å²) in [7, 11) is 0. The molecule has 0 saturated heterocycles. The van der Waals surface area contributed by atoms with Gasteiger partial charge in [-0.05, 0) is 95.2 Å². The van der Waals surface area contributed by atoms with Crippen LogP contribution in [0.2, 0.25) is 0 Å². The van der Waals surface area contributed by atoms with E-state index in [1.165, 1.54) is 37.7 Å². The van der Waals surface area contributed by atoms with E-state index in [2.05, 4.69) is 92.7 Å². The zero-order valence-electron chi connectivity index (χ0n) is 28.2. The van der Waals surface area contributed by atoms with Crippen LogP contribution < -0.4 is 0 Å². The standard InChI is InChI=1S/C45H40N4/c1-30-23-33-24-31(2)27-45(26-30,28-33)39-20-18-38(19-21-39)44-48-42(36-11-7-4-8-12-36)47-43(49-44)37-16-14-35(15-17-37)40-22-13-32(29-46)25-41(40)34-9-5-3-6-10-34/h3-22,25,30-31,33H,23-24,26-28H2,1-2H3/t30-,31+,33-,45?. The first kappa shape index (κ1) is 30.9. The Morgan fingerprint density at radius 2 is 1.00 bits per heavy atom. The largest absolute Gasteiger partial charge is 0.208 e. The van der Waals surface area contributed by atoms with E-state index in [1.807, 2.05) is 54.6 Å². The lowest BCUT2D eigenvalue weighted by Gasteiger charge is -2.50. The molecule has 8 rings (SSSR count). The van der Waals surface area contributed by atoms with Gasteiger partial charge in [0.1, 0.15) is 0 Å². The highest BCUT2D eigenvalue weighted by Gasteiger charge is 2.45. The fourth-order valence-corrected chi connectivity index (χ4v) is 8.90. The summed E-state index contributed by atoms with van der Waals surface area (Å²) < 4.78 is 0. The highest BCUT2D eigenvalue weighted by molar-refractivity contribution is 5.85. The van der Waals surface area contributed by atoms with Gasteiger partial charge in [0, 0.05) is 16.7 Å². The fraction of sp³-hybridized carbons (Fsp3) is 0.244. The van der Waals surface area contributed by atoms with E-state index in [1.54, 1.807) is 0 Å². The Hall–Kier alpha value is -5.40. The van der Waals surface area contributed by atoms with Gasteiger partial charge in [-0.3, -0.25) is 0 Å². The molecular formula is C45H40N4. The second-order valence-corrected chi connectivity index (χ2v) is 14.5. The molecule has 0 amide bonds. The summed E-state index contributed by atoms with van der Waals surface area (Å²) in [5, 5.41) is 9.60. The number of rotatable bonds is 6. The minimum Gasteiger partial charge on any atom is -0.208 e. The van der Waals surface area contributed by atoms with Crippen LogP contribution >= 0.6 is 0 Å². The molecule has 2 aliphatic rings. The van der Waals surface area contributed by atoms with E-state index in [0.717, 1.165) is 56.7 Å². The summed E-state index contributed by atoms with van der Waals surface area (Å²) in [5.41, 5.74) is 9.55. The predicted octanol–water partition coefficient (Wildman–Crippen LogP) is 11.2. The van der Waals surface area contributed by atoms with Crippen LogP contribution in [-0.4, -0.2) is 15.0 Å². The molecule has 2 fully saturated rings. The monoisotopic (exact) mass is 636 g/mol. The second-order valence-electron chi connectivity index (χ2n) is 14.5. The van der Waals surface area contributed by atoms with Crippen molar-refractivity contribution in [3.63, 3.8) is 0 Å². The maximum absolute atomic E-state index is 9.60. The molecule has 0 N–H and O–H groups in total. The van der Waals surface area contributed by atoms with Crippen molar-refractivity contribution in [2.45, 2.75) is 51.4 Å². The molecule has 1 aromatic heterocycles. The number of nitriles is 1. The Labute approximate surface area is 289 Å². The number of fused-ring (bicyclic) bond motifs is 2. The van der Waals surface area contributed by atoms with E-state index in [0.29, 0.717) is 23.0 Å². The molecule has 2 aliphatic carbocycles. The third-order valence-electron chi connectivity index (χ3n) is 10.7. The normalized spacial score (nSPS) is 21.5. The number of nitrogens with zero attached hydrogens (tertiary/aromatic N) is 4. The summed E-state index contributed by atoms with van der Waals surface area (Å²) in [5.74, 6) is 4.39. The smallest absolute Gasteiger partial charge is 0.164 e. The highest BCUT2D eigenvalue weighted by Crippen LogP contribution is 2.54. The van der Waals surface area contributed by atoms with E-state index < -0.39 is 0 Å². The quantitative estimate of drug-likeness (QED) is 0.182. The van der Waals surface area contributed by atoms with Gasteiger partial charge in [0.05, 0.1) is 11.6 Å². The van der Waals surface area contributed by atoms with Crippen molar-refractivity contribution in [1.82, 2.24) is 15.0 Å². The maximum atomic E-state index is 9.60. The molecule has 5 aromatic carbocycles. The average molecular weight is 637 g/mol. The molecule has 49 heavy (non-hydrogen) atoms. The summed E-state index contributed by atoms with van der Waals surface area (Å²) in [6, 6.07) is 46.1. The number of aromatic nitrogens is 3. The van der Waals surface area contributed by atoms with Crippen molar-refractivity contribution in [1.29, 1.82) is 5.26 Å². The van der Waals surface area contributed by atoms with Crippen LogP contribution in [0.15, 0.2) is 127 Å². The van der Waals surface area contributed by atoms with E-state index in [-0.39, 0.29) is 5.41 Å². The molecule has 1 heterocycles. The Bertz CT molecular complexity index is 2110. The second kappa shape index (κ2) is 12.9. The molecule has 0 aliphatic heterocycles. The third kappa shape index (κ3) is 6.18. The first-order chi connectivity index (χ1) is 24.0. The summed E-state index contributed by atoms with van der Waals surface area (Å²) in [6.45, 7) is 4.89. The van der Waals surface area contributed by atoms with Crippen LogP contribution in [0.4, 0.5) is 0 Å². The fourth-order valence-electron chi connectivity index (χ4n) is 8.90. The van der Waals surface area contributed by atoms with E-state index >= 15 is 0 Å². The number of hydrogen-bond donors (Lipinski definition) is 0. The SMILES string of the molecule is C[C@@H]1C[C@@H]2C[C@H](C)CC(c3ccc(-c4nc(-c5ccccc5)nc(-c5ccc(-c6ccc(C#N)cc6-c6ccccc6)cc5)n4)cc3)(C1)C2. The van der Waals surface area contributed by atoms with Crippen LogP contribution in [0.25, 0.3) is 56.4 Å². The lowest BCUT2D eigenvalue weighted by atomic mass is 9.54. The summed E-state index contributed by atoms with van der Waals surface area (Å²) in [4.78, 5) is 15.0. The van der Waals surface area contributed by atoms with Crippen molar-refractivity contribution in [3.05, 3.63) is 139 Å². The Morgan fingerprint density at radius 3 is 1.55 bits per heavy atom. The topological polar surface area (TPSA) is 62.5 Å². The van der Waals surface area contributed by atoms with Gasteiger partial charge in [-0.2, -0.15) is 5.26 Å². The Kier molecular flexibility index (Phi) is 8.14. The number of benzene rings is 5. The van der Waals surface area contributed by atoms with Gasteiger partial charge in [-0.1, -0.05) is 129 Å². The van der Waals surface area contributed by atoms with Gasteiger partial charge in [0.2, 0.25) is 0 Å². The first-order valence-electron chi connectivity index (χ1n) is 17.6. The van der Waals surface area contributed by atoms with Crippen LogP contribution in [-0.2, 0) is 5.41 Å². The van der Waals surface area contributed by atoms with Crippen molar-refractivity contribution < 1.29 is 0 Å². The Morgan fingerprint density at radius 1 is 0.531 bits per heavy atom. The number of hydrogen-bond acceptors (Lipinski definition) is 4. The van der Waals surface area contributed by atoms with Crippen LogP contribution in [0.3, 0.4) is 0 Å². The van der Waals surface area contributed by atoms with Crippen LogP contribution in [0, 0.1) is 29.1 Å². The van der Waals surface area contributed by atoms with Crippen molar-refractivity contribution in [2.24, 2.45) is 17.8 Å². The first-order valence-corrected chi connectivity index (χ1v) is 17.6. The van der Waals surface area contributed by atoms with Crippen molar-refractivity contribution >= 4 is 0 Å². The van der Waals surface area contributed by atoms with Gasteiger partial charge >= 0.3 is 0 Å². The van der Waals surface area contributed by atoms with E-state index in [4.69, 9.17) is 15.0 Å². The lowest BCUT2D eigenvalue weighted by molar-refractivity contribution is 0.0780. The molecule has 1 unspecified atom stereocenters. The highest BCUT2D eigenvalue weighted by atomic mass is 15.0. The molecular weight excluding hydrogens is 597 g/mol. The Balaban J connectivity index is 1.16. The molecule has 6 aromatic rings. The molecule has 2 bridgehead atoms. The van der Waals surface area contributed by atoms with Gasteiger partial charge in [-0.25, -0.2) is 15.0 Å². The molecule has 0 radical (unpaired) electrons. The average Bonchev–Trinajstić information content (AvgIpc) is 3.14. The molecule has 240 valence electrons. The van der Waals surface area contributed by atoms with Crippen molar-refractivity contribution in [3.8, 4) is 62.5 Å². The van der Waals surface area contributed by atoms with Gasteiger partial charge in [0.15, 0.2) is 17.5 Å². The zero-order chi connectivity index (χ0) is 33.4. The minimum absolute atomic E-state index is 0.287. The summed E-state index contributed by atoms with van der Waals surface area (Å²) >= 11 is 0. The van der Waals surface area contributed by atoms with Crippen LogP contribution in [0.1, 0.15) is 57.1 Å². The van der Waals surface area contributed by atoms with Gasteiger partial charge in [-0.15, -0.1) is 0 Å². The minimum atomic E-state index is 0.287. The third-order valence-corrected chi connectivity index (χ3v) is 10.7. The van der Waals surface area contributed by atoms with E-state index in [9.17, 15) is 5.26 Å². The molecule has 4 nitrogen and oxygen atoms in total. The van der Waals surface area contributed by atoms with Gasteiger partial charge in [0.25, 0.3) is 0 Å². The summed E-state index contributed by atoms with van der Waals surface area (Å²) in [6.07, 6.45) is 6.64. The molecule has 0 spiro atoms. The molecule has 4 atom stereocenters.